The van der Waals surface area contributed by atoms with E-state index < -0.39 is 0 Å². The van der Waals surface area contributed by atoms with Crippen LogP contribution in [0.4, 0.5) is 0 Å². The Bertz CT molecular complexity index is 631. The monoisotopic (exact) mass is 261 g/mol. The van der Waals surface area contributed by atoms with Crippen molar-refractivity contribution < 1.29 is 0 Å². The predicted octanol–water partition coefficient (Wildman–Crippen LogP) is 3.65. The maximum atomic E-state index is 5.94. The molecule has 0 aliphatic heterocycles. The second kappa shape index (κ2) is 4.31. The summed E-state index contributed by atoms with van der Waals surface area (Å²) in [5.74, 6) is 0. The van der Waals surface area contributed by atoms with Gasteiger partial charge < -0.3 is 0 Å². The Kier molecular flexibility index (Phi) is 2.66. The fourth-order valence-electron chi connectivity index (χ4n) is 1.62. The van der Waals surface area contributed by atoms with Crippen LogP contribution in [0.3, 0.4) is 0 Å². The molecule has 0 bridgehead atoms. The van der Waals surface area contributed by atoms with Gasteiger partial charge in [0.2, 0.25) is 0 Å². The second-order valence-electron chi connectivity index (χ2n) is 3.52. The number of thiophene rings is 1. The largest absolute Gasteiger partial charge is 0.288 e. The van der Waals surface area contributed by atoms with Crippen molar-refractivity contribution in [1.29, 1.82) is 0 Å². The third-order valence-corrected chi connectivity index (χ3v) is 3.70. The van der Waals surface area contributed by atoms with Crippen LogP contribution in [0.2, 0.25) is 4.34 Å². The number of rotatable bonds is 2. The van der Waals surface area contributed by atoms with Crippen LogP contribution in [0.25, 0.3) is 16.1 Å². The van der Waals surface area contributed by atoms with Gasteiger partial charge in [-0.3, -0.25) is 4.57 Å². The molecule has 0 saturated heterocycles. The van der Waals surface area contributed by atoms with Gasteiger partial charge in [0.15, 0.2) is 0 Å². The minimum atomic E-state index is 0.801. The summed E-state index contributed by atoms with van der Waals surface area (Å²) in [7, 11) is 0. The van der Waals surface area contributed by atoms with Crippen LogP contribution in [0.15, 0.2) is 49.1 Å². The molecule has 1 aromatic carbocycles. The van der Waals surface area contributed by atoms with E-state index in [0.717, 1.165) is 20.5 Å². The lowest BCUT2D eigenvalue weighted by atomic mass is 10.1. The molecule has 0 aliphatic rings. The van der Waals surface area contributed by atoms with Gasteiger partial charge >= 0.3 is 0 Å². The van der Waals surface area contributed by atoms with Crippen LogP contribution >= 0.6 is 22.9 Å². The Morgan fingerprint density at radius 3 is 2.59 bits per heavy atom. The molecule has 0 unspecified atom stereocenters. The summed E-state index contributed by atoms with van der Waals surface area (Å²) in [6.07, 6.45) is 3.36. The highest BCUT2D eigenvalue weighted by Gasteiger charge is 2.03. The summed E-state index contributed by atoms with van der Waals surface area (Å²) in [4.78, 5) is 1.16. The van der Waals surface area contributed by atoms with Gasteiger partial charge in [-0.1, -0.05) is 23.7 Å². The first-order valence-electron chi connectivity index (χ1n) is 5.04. The summed E-state index contributed by atoms with van der Waals surface area (Å²) in [6.45, 7) is 0. The molecule has 0 amide bonds. The van der Waals surface area contributed by atoms with E-state index >= 15 is 0 Å². The van der Waals surface area contributed by atoms with Gasteiger partial charge in [-0.15, -0.1) is 21.5 Å². The van der Waals surface area contributed by atoms with Crippen molar-refractivity contribution in [3.05, 3.63) is 53.4 Å². The van der Waals surface area contributed by atoms with Gasteiger partial charge in [0.1, 0.15) is 12.7 Å². The summed E-state index contributed by atoms with van der Waals surface area (Å²) < 4.78 is 2.67. The van der Waals surface area contributed by atoms with Gasteiger partial charge in [0.05, 0.1) is 4.34 Å². The van der Waals surface area contributed by atoms with Gasteiger partial charge in [-0.25, -0.2) is 0 Å². The van der Waals surface area contributed by atoms with E-state index in [0.29, 0.717) is 0 Å². The summed E-state index contributed by atoms with van der Waals surface area (Å²) >= 11 is 7.51. The molecule has 2 heterocycles. The third kappa shape index (κ3) is 2.09. The molecule has 0 radical (unpaired) electrons. The van der Waals surface area contributed by atoms with Crippen molar-refractivity contribution in [3.8, 4) is 16.1 Å². The highest BCUT2D eigenvalue weighted by molar-refractivity contribution is 7.19. The Balaban J connectivity index is 2.05. The molecular weight excluding hydrogens is 254 g/mol. The maximum Gasteiger partial charge on any atom is 0.123 e. The number of hydrogen-bond donors (Lipinski definition) is 0. The number of aromatic nitrogens is 3. The molecule has 0 N–H and O–H groups in total. The topological polar surface area (TPSA) is 30.7 Å². The molecule has 0 saturated carbocycles. The zero-order valence-electron chi connectivity index (χ0n) is 8.75. The molecule has 84 valence electrons. The smallest absolute Gasteiger partial charge is 0.123 e. The van der Waals surface area contributed by atoms with Crippen LogP contribution in [-0.2, 0) is 0 Å². The Labute approximate surface area is 107 Å². The first kappa shape index (κ1) is 10.5. The third-order valence-electron chi connectivity index (χ3n) is 2.42. The minimum Gasteiger partial charge on any atom is -0.288 e. The van der Waals surface area contributed by atoms with Crippen LogP contribution in [0.5, 0.6) is 0 Å². The van der Waals surface area contributed by atoms with Crippen molar-refractivity contribution in [3.63, 3.8) is 0 Å². The van der Waals surface area contributed by atoms with E-state index in [2.05, 4.69) is 22.3 Å². The van der Waals surface area contributed by atoms with Crippen LogP contribution in [0.1, 0.15) is 0 Å². The number of nitrogens with zero attached hydrogens (tertiary/aromatic N) is 3. The van der Waals surface area contributed by atoms with Crippen LogP contribution in [0, 0.1) is 0 Å². The molecule has 0 aliphatic carbocycles. The minimum absolute atomic E-state index is 0.801. The highest BCUT2D eigenvalue weighted by Crippen LogP contribution is 2.31. The molecule has 2 aromatic heterocycles. The molecule has 5 heteroatoms. The molecule has 3 aromatic rings. The van der Waals surface area contributed by atoms with E-state index in [1.54, 1.807) is 24.0 Å². The predicted molar refractivity (Wildman–Crippen MR) is 69.7 cm³/mol. The normalized spacial score (nSPS) is 10.6. The van der Waals surface area contributed by atoms with Crippen molar-refractivity contribution in [2.75, 3.05) is 0 Å². The summed E-state index contributed by atoms with van der Waals surface area (Å²) in [5, 5.41) is 7.60. The SMILES string of the molecule is Clc1ccc(-c2cccc(-n3cnnc3)c2)s1. The zero-order chi connectivity index (χ0) is 11.7. The zero-order valence-corrected chi connectivity index (χ0v) is 10.3. The molecule has 0 atom stereocenters. The van der Waals surface area contributed by atoms with Gasteiger partial charge in [-0.05, 0) is 29.8 Å². The lowest BCUT2D eigenvalue weighted by molar-refractivity contribution is 1.06. The van der Waals surface area contributed by atoms with Crippen molar-refractivity contribution in [2.45, 2.75) is 0 Å². The Hall–Kier alpha value is -1.65. The number of halogens is 1. The summed E-state index contributed by atoms with van der Waals surface area (Å²) in [6, 6.07) is 12.1. The number of benzene rings is 1. The Morgan fingerprint density at radius 2 is 1.88 bits per heavy atom. The first-order chi connectivity index (χ1) is 8.33. The van der Waals surface area contributed by atoms with E-state index in [1.165, 1.54) is 0 Å². The average molecular weight is 262 g/mol. The molecule has 0 fully saturated rings. The van der Waals surface area contributed by atoms with Crippen molar-refractivity contribution in [2.24, 2.45) is 0 Å². The number of hydrogen-bond acceptors (Lipinski definition) is 3. The second-order valence-corrected chi connectivity index (χ2v) is 5.24. The van der Waals surface area contributed by atoms with Gasteiger partial charge in [0, 0.05) is 10.6 Å². The fraction of sp³-hybridized carbons (Fsp3) is 0. The average Bonchev–Trinajstić information content (AvgIpc) is 3.00. The highest BCUT2D eigenvalue weighted by atomic mass is 35.5. The summed E-state index contributed by atoms with van der Waals surface area (Å²) in [5.41, 5.74) is 2.19. The van der Waals surface area contributed by atoms with E-state index in [4.69, 9.17) is 11.6 Å². The van der Waals surface area contributed by atoms with Crippen LogP contribution in [-0.4, -0.2) is 14.8 Å². The molecule has 3 rings (SSSR count). The molecule has 0 spiro atoms. The van der Waals surface area contributed by atoms with Gasteiger partial charge in [0.25, 0.3) is 0 Å². The molecule has 3 nitrogen and oxygen atoms in total. The van der Waals surface area contributed by atoms with E-state index in [9.17, 15) is 0 Å². The van der Waals surface area contributed by atoms with E-state index in [1.807, 2.05) is 28.8 Å². The van der Waals surface area contributed by atoms with Crippen LogP contribution < -0.4 is 0 Å². The lowest BCUT2D eigenvalue weighted by Gasteiger charge is -2.03. The molecule has 17 heavy (non-hydrogen) atoms. The van der Waals surface area contributed by atoms with E-state index in [-0.39, 0.29) is 0 Å². The standard InChI is InChI=1S/C12H8ClN3S/c13-12-5-4-11(17-12)9-2-1-3-10(6-9)16-7-14-15-8-16/h1-8H. The van der Waals surface area contributed by atoms with Crippen molar-refractivity contribution >= 4 is 22.9 Å². The first-order valence-corrected chi connectivity index (χ1v) is 6.23. The lowest BCUT2D eigenvalue weighted by Crippen LogP contribution is -1.89. The van der Waals surface area contributed by atoms with Crippen molar-refractivity contribution in [1.82, 2.24) is 14.8 Å². The quantitative estimate of drug-likeness (QED) is 0.705. The molecular formula is C12H8ClN3S. The Morgan fingerprint density at radius 1 is 1.06 bits per heavy atom. The fourth-order valence-corrected chi connectivity index (χ4v) is 2.66. The maximum absolute atomic E-state index is 5.94. The van der Waals surface area contributed by atoms with Gasteiger partial charge in [-0.2, -0.15) is 0 Å².